The smallest absolute Gasteiger partial charge is 0.241 e. The number of nitrogens with zero attached hydrogens (tertiary/aromatic N) is 1. The first kappa shape index (κ1) is 21.7. The number of methoxy groups -OCH3 is 1. The molecular formula is C23H32N2O3S. The van der Waals surface area contributed by atoms with Crippen molar-refractivity contribution in [2.24, 2.45) is 5.92 Å². The number of nitrogens with one attached hydrogen (secondary N) is 1. The number of sulfonamides is 1. The van der Waals surface area contributed by atoms with E-state index < -0.39 is 10.0 Å². The van der Waals surface area contributed by atoms with Crippen molar-refractivity contribution in [3.63, 3.8) is 0 Å². The van der Waals surface area contributed by atoms with Crippen LogP contribution < -0.4 is 14.4 Å². The Balaban J connectivity index is 1.75. The van der Waals surface area contributed by atoms with Crippen molar-refractivity contribution >= 4 is 15.7 Å². The average molecular weight is 417 g/mol. The van der Waals surface area contributed by atoms with Crippen molar-refractivity contribution in [3.8, 4) is 5.75 Å². The molecule has 1 fully saturated rings. The third-order valence-corrected chi connectivity index (χ3v) is 7.63. The van der Waals surface area contributed by atoms with Gasteiger partial charge >= 0.3 is 0 Å². The predicted octanol–water partition coefficient (Wildman–Crippen LogP) is 4.59. The van der Waals surface area contributed by atoms with E-state index in [2.05, 4.69) is 28.7 Å². The molecule has 0 bridgehead atoms. The molecule has 1 N–H and O–H groups in total. The van der Waals surface area contributed by atoms with E-state index in [0.717, 1.165) is 24.2 Å². The van der Waals surface area contributed by atoms with Gasteiger partial charge in [0.1, 0.15) is 5.75 Å². The summed E-state index contributed by atoms with van der Waals surface area (Å²) in [5.41, 5.74) is 3.70. The lowest BCUT2D eigenvalue weighted by Gasteiger charge is -2.33. The van der Waals surface area contributed by atoms with Gasteiger partial charge in [-0.15, -0.1) is 0 Å². The molecule has 0 saturated carbocycles. The van der Waals surface area contributed by atoms with Gasteiger partial charge in [-0.3, -0.25) is 0 Å². The Morgan fingerprint density at radius 3 is 2.41 bits per heavy atom. The molecule has 0 aromatic heterocycles. The maximum atomic E-state index is 13.0. The fourth-order valence-electron chi connectivity index (χ4n) is 4.05. The summed E-state index contributed by atoms with van der Waals surface area (Å²) < 4.78 is 34.1. The number of hydrogen-bond acceptors (Lipinski definition) is 4. The summed E-state index contributed by atoms with van der Waals surface area (Å²) in [5.74, 6) is 1.41. The fourth-order valence-corrected chi connectivity index (χ4v) is 5.58. The minimum absolute atomic E-state index is 0.293. The molecule has 6 heteroatoms. The van der Waals surface area contributed by atoms with E-state index in [9.17, 15) is 8.42 Å². The second-order valence-electron chi connectivity index (χ2n) is 8.14. The Bertz CT molecular complexity index is 955. The summed E-state index contributed by atoms with van der Waals surface area (Å²) in [6, 6.07) is 11.2. The summed E-state index contributed by atoms with van der Waals surface area (Å²) in [7, 11) is -2.05. The van der Waals surface area contributed by atoms with E-state index in [-0.39, 0.29) is 6.04 Å². The van der Waals surface area contributed by atoms with Crippen LogP contribution in [0.4, 0.5) is 5.69 Å². The Hall–Kier alpha value is -2.05. The van der Waals surface area contributed by atoms with Crippen LogP contribution >= 0.6 is 0 Å². The lowest BCUT2D eigenvalue weighted by Crippen LogP contribution is -2.34. The first-order chi connectivity index (χ1) is 13.7. The second kappa shape index (κ2) is 8.76. The molecule has 2 atom stereocenters. The Labute approximate surface area is 175 Å². The third-order valence-electron chi connectivity index (χ3n) is 5.94. The number of ether oxygens (including phenoxy) is 1. The summed E-state index contributed by atoms with van der Waals surface area (Å²) >= 11 is 0. The van der Waals surface area contributed by atoms with Crippen LogP contribution in [-0.4, -0.2) is 28.6 Å². The van der Waals surface area contributed by atoms with Crippen molar-refractivity contribution in [2.45, 2.75) is 51.5 Å². The zero-order chi connectivity index (χ0) is 21.2. The van der Waals surface area contributed by atoms with Crippen LogP contribution in [0.5, 0.6) is 5.75 Å². The third kappa shape index (κ3) is 4.75. The molecule has 0 aliphatic carbocycles. The van der Waals surface area contributed by atoms with Gasteiger partial charge in [-0.25, -0.2) is 13.1 Å². The first-order valence-corrected chi connectivity index (χ1v) is 11.7. The second-order valence-corrected chi connectivity index (χ2v) is 9.83. The maximum Gasteiger partial charge on any atom is 0.241 e. The van der Waals surface area contributed by atoms with E-state index >= 15 is 0 Å². The molecule has 0 unspecified atom stereocenters. The molecule has 158 valence electrons. The van der Waals surface area contributed by atoms with E-state index in [4.69, 9.17) is 4.74 Å². The Kier molecular flexibility index (Phi) is 6.54. The molecule has 1 saturated heterocycles. The van der Waals surface area contributed by atoms with Crippen LogP contribution in [0, 0.1) is 19.8 Å². The van der Waals surface area contributed by atoms with Crippen LogP contribution in [-0.2, 0) is 10.0 Å². The van der Waals surface area contributed by atoms with Gasteiger partial charge in [0.15, 0.2) is 0 Å². The molecule has 2 aromatic carbocycles. The molecule has 2 aromatic rings. The standard InChI is InChI=1S/C23H32N2O3S/c1-16-7-6-14-25(15-16)21-10-8-20(9-11-21)19(4)24-29(26,27)23-13-12-22(28-5)17(2)18(23)3/h8-13,16,19,24H,6-7,14-15H2,1-5H3/t16-,19+/m1/s1. The highest BCUT2D eigenvalue weighted by Crippen LogP contribution is 2.29. The highest BCUT2D eigenvalue weighted by atomic mass is 32.2. The largest absolute Gasteiger partial charge is 0.496 e. The number of rotatable bonds is 6. The maximum absolute atomic E-state index is 13.0. The van der Waals surface area contributed by atoms with Crippen LogP contribution in [0.1, 0.15) is 49.4 Å². The summed E-state index contributed by atoms with van der Waals surface area (Å²) in [5, 5.41) is 0. The van der Waals surface area contributed by atoms with Crippen molar-refractivity contribution < 1.29 is 13.2 Å². The highest BCUT2D eigenvalue weighted by Gasteiger charge is 2.23. The number of benzene rings is 2. The average Bonchev–Trinajstić information content (AvgIpc) is 2.69. The number of anilines is 1. The monoisotopic (exact) mass is 416 g/mol. The van der Waals surface area contributed by atoms with Gasteiger partial charge < -0.3 is 9.64 Å². The van der Waals surface area contributed by atoms with Crippen LogP contribution in [0.25, 0.3) is 0 Å². The van der Waals surface area contributed by atoms with Gasteiger partial charge in [-0.05, 0) is 80.5 Å². The van der Waals surface area contributed by atoms with Crippen molar-refractivity contribution in [1.82, 2.24) is 4.72 Å². The molecule has 1 aliphatic rings. The summed E-state index contributed by atoms with van der Waals surface area (Å²) in [6.07, 6.45) is 2.51. The van der Waals surface area contributed by atoms with Crippen molar-refractivity contribution in [3.05, 3.63) is 53.1 Å². The normalized spacial score (nSPS) is 18.5. The molecule has 29 heavy (non-hydrogen) atoms. The van der Waals surface area contributed by atoms with Gasteiger partial charge in [-0.1, -0.05) is 19.1 Å². The SMILES string of the molecule is COc1ccc(S(=O)(=O)N[C@@H](C)c2ccc(N3CCC[C@@H](C)C3)cc2)c(C)c1C. The summed E-state index contributed by atoms with van der Waals surface area (Å²) in [4.78, 5) is 2.71. The van der Waals surface area contributed by atoms with Gasteiger partial charge in [0.05, 0.1) is 12.0 Å². The molecule has 0 radical (unpaired) electrons. The topological polar surface area (TPSA) is 58.6 Å². The highest BCUT2D eigenvalue weighted by molar-refractivity contribution is 7.89. The van der Waals surface area contributed by atoms with Gasteiger partial charge in [-0.2, -0.15) is 0 Å². The van der Waals surface area contributed by atoms with Crippen LogP contribution in [0.2, 0.25) is 0 Å². The van der Waals surface area contributed by atoms with E-state index in [0.29, 0.717) is 22.1 Å². The zero-order valence-corrected chi connectivity index (χ0v) is 18.8. The molecule has 1 heterocycles. The molecule has 0 amide bonds. The fraction of sp³-hybridized carbons (Fsp3) is 0.478. The van der Waals surface area contributed by atoms with Crippen LogP contribution in [0.15, 0.2) is 41.3 Å². The minimum atomic E-state index is -3.64. The van der Waals surface area contributed by atoms with Crippen LogP contribution in [0.3, 0.4) is 0 Å². The van der Waals surface area contributed by atoms with E-state index in [1.165, 1.54) is 18.5 Å². The molecule has 3 rings (SSSR count). The lowest BCUT2D eigenvalue weighted by molar-refractivity contribution is 0.410. The van der Waals surface area contributed by atoms with E-state index in [1.807, 2.05) is 32.9 Å². The molecular weight excluding hydrogens is 384 g/mol. The Morgan fingerprint density at radius 2 is 1.79 bits per heavy atom. The number of hydrogen-bond donors (Lipinski definition) is 1. The van der Waals surface area contributed by atoms with Gasteiger partial charge in [0, 0.05) is 24.8 Å². The van der Waals surface area contributed by atoms with E-state index in [1.54, 1.807) is 19.2 Å². The zero-order valence-electron chi connectivity index (χ0n) is 18.0. The first-order valence-electron chi connectivity index (χ1n) is 10.2. The van der Waals surface area contributed by atoms with Crippen molar-refractivity contribution in [2.75, 3.05) is 25.1 Å². The summed E-state index contributed by atoms with van der Waals surface area (Å²) in [6.45, 7) is 10.0. The molecule has 0 spiro atoms. The minimum Gasteiger partial charge on any atom is -0.496 e. The predicted molar refractivity (Wildman–Crippen MR) is 118 cm³/mol. The van der Waals surface area contributed by atoms with Crippen molar-refractivity contribution in [1.29, 1.82) is 0 Å². The quantitative estimate of drug-likeness (QED) is 0.748. The number of piperidine rings is 1. The van der Waals surface area contributed by atoms with Gasteiger partial charge in [0.2, 0.25) is 10.0 Å². The lowest BCUT2D eigenvalue weighted by atomic mass is 9.99. The molecule has 1 aliphatic heterocycles. The van der Waals surface area contributed by atoms with Gasteiger partial charge in [0.25, 0.3) is 0 Å². The Morgan fingerprint density at radius 1 is 1.10 bits per heavy atom. The molecule has 5 nitrogen and oxygen atoms in total.